The summed E-state index contributed by atoms with van der Waals surface area (Å²) in [7, 11) is 0. The average molecular weight is 296 g/mol. The van der Waals surface area contributed by atoms with E-state index < -0.39 is 0 Å². The van der Waals surface area contributed by atoms with Gasteiger partial charge in [-0.1, -0.05) is 41.9 Å². The lowest BCUT2D eigenvalue weighted by Gasteiger charge is -2.21. The van der Waals surface area contributed by atoms with Crippen LogP contribution in [0.3, 0.4) is 0 Å². The third kappa shape index (κ3) is 3.38. The number of halogens is 1. The molecule has 2 heterocycles. The molecule has 0 spiro atoms. The Morgan fingerprint density at radius 3 is 2.29 bits per heavy atom. The number of nitrogens with zero attached hydrogens (tertiary/aromatic N) is 2. The number of nitrogens with one attached hydrogen (secondary N) is 1. The molecule has 4 heteroatoms. The molecule has 104 valence electrons. The molecule has 0 radical (unpaired) electrons. The lowest BCUT2D eigenvalue weighted by molar-refractivity contribution is 0.933. The monoisotopic (exact) mass is 295 g/mol. The normalized spacial score (nSPS) is 11.9. The van der Waals surface area contributed by atoms with E-state index in [1.807, 2.05) is 42.5 Å². The minimum Gasteiger partial charge on any atom is -0.374 e. The third-order valence-electron chi connectivity index (χ3n) is 3.21. The smallest absolute Gasteiger partial charge is 0.131 e. The summed E-state index contributed by atoms with van der Waals surface area (Å²) in [6.45, 7) is 0. The molecule has 1 aromatic carbocycles. The Morgan fingerprint density at radius 1 is 0.857 bits per heavy atom. The van der Waals surface area contributed by atoms with Crippen molar-refractivity contribution < 1.29 is 0 Å². The van der Waals surface area contributed by atoms with Gasteiger partial charge in [-0.15, -0.1) is 0 Å². The van der Waals surface area contributed by atoms with Crippen LogP contribution in [0.15, 0.2) is 73.2 Å². The second-order valence-electron chi connectivity index (χ2n) is 4.64. The van der Waals surface area contributed by atoms with E-state index in [-0.39, 0.29) is 6.04 Å². The van der Waals surface area contributed by atoms with Gasteiger partial charge in [0.15, 0.2) is 0 Å². The van der Waals surface area contributed by atoms with Crippen LogP contribution in [0.4, 0.5) is 5.69 Å². The molecule has 0 saturated carbocycles. The molecule has 0 amide bonds. The molecule has 0 fully saturated rings. The standard InChI is InChI=1S/C17H14ClN3/c18-16-12-15(8-11-20-16)21-17(13-4-2-1-3-5-13)14-6-9-19-10-7-14/h1-12,17H,(H,20,21). The number of hydrogen-bond donors (Lipinski definition) is 1. The van der Waals surface area contributed by atoms with Gasteiger partial charge in [-0.3, -0.25) is 4.98 Å². The van der Waals surface area contributed by atoms with Crippen LogP contribution in [0.1, 0.15) is 17.2 Å². The van der Waals surface area contributed by atoms with Crippen LogP contribution in [-0.4, -0.2) is 9.97 Å². The van der Waals surface area contributed by atoms with Crippen molar-refractivity contribution in [3.05, 3.63) is 89.5 Å². The summed E-state index contributed by atoms with van der Waals surface area (Å²) in [6.07, 6.45) is 5.29. The highest BCUT2D eigenvalue weighted by molar-refractivity contribution is 6.29. The average Bonchev–Trinajstić information content (AvgIpc) is 2.54. The molecule has 0 saturated heterocycles. The number of anilines is 1. The summed E-state index contributed by atoms with van der Waals surface area (Å²) in [5.41, 5.74) is 3.25. The van der Waals surface area contributed by atoms with Gasteiger partial charge in [0, 0.05) is 24.3 Å². The molecule has 1 atom stereocenters. The second-order valence-corrected chi connectivity index (χ2v) is 5.02. The van der Waals surface area contributed by atoms with E-state index in [1.165, 1.54) is 5.56 Å². The Labute approximate surface area is 128 Å². The lowest BCUT2D eigenvalue weighted by Crippen LogP contribution is -2.12. The highest BCUT2D eigenvalue weighted by Gasteiger charge is 2.13. The van der Waals surface area contributed by atoms with Crippen molar-refractivity contribution in [3.63, 3.8) is 0 Å². The maximum absolute atomic E-state index is 5.96. The molecular weight excluding hydrogens is 282 g/mol. The Bertz CT molecular complexity index is 662. The van der Waals surface area contributed by atoms with Crippen LogP contribution in [0.2, 0.25) is 5.15 Å². The highest BCUT2D eigenvalue weighted by Crippen LogP contribution is 2.26. The summed E-state index contributed by atoms with van der Waals surface area (Å²) < 4.78 is 0. The Morgan fingerprint density at radius 2 is 1.57 bits per heavy atom. The Hall–Kier alpha value is -2.39. The highest BCUT2D eigenvalue weighted by atomic mass is 35.5. The molecule has 0 aliphatic heterocycles. The van der Waals surface area contributed by atoms with Gasteiger partial charge in [-0.2, -0.15) is 0 Å². The van der Waals surface area contributed by atoms with Crippen molar-refractivity contribution >= 4 is 17.3 Å². The van der Waals surface area contributed by atoms with E-state index in [9.17, 15) is 0 Å². The zero-order valence-corrected chi connectivity index (χ0v) is 12.0. The van der Waals surface area contributed by atoms with Crippen LogP contribution in [0.5, 0.6) is 0 Å². The minimum absolute atomic E-state index is 0.0349. The Kier molecular flexibility index (Phi) is 4.12. The van der Waals surface area contributed by atoms with Gasteiger partial charge in [-0.05, 0) is 35.4 Å². The summed E-state index contributed by atoms with van der Waals surface area (Å²) in [4.78, 5) is 8.09. The topological polar surface area (TPSA) is 37.8 Å². The fourth-order valence-corrected chi connectivity index (χ4v) is 2.39. The first-order chi connectivity index (χ1) is 10.3. The predicted octanol–water partition coefficient (Wildman–Crippen LogP) is 4.33. The van der Waals surface area contributed by atoms with Gasteiger partial charge in [0.1, 0.15) is 5.15 Å². The van der Waals surface area contributed by atoms with Crippen molar-refractivity contribution in [1.82, 2.24) is 9.97 Å². The maximum Gasteiger partial charge on any atom is 0.131 e. The van der Waals surface area contributed by atoms with Gasteiger partial charge in [0.25, 0.3) is 0 Å². The fourth-order valence-electron chi connectivity index (χ4n) is 2.22. The number of hydrogen-bond acceptors (Lipinski definition) is 3. The molecule has 21 heavy (non-hydrogen) atoms. The lowest BCUT2D eigenvalue weighted by atomic mass is 9.99. The summed E-state index contributed by atoms with van der Waals surface area (Å²) >= 11 is 5.96. The molecular formula is C17H14ClN3. The van der Waals surface area contributed by atoms with E-state index in [2.05, 4.69) is 27.4 Å². The molecule has 0 bridgehead atoms. The number of pyridine rings is 2. The van der Waals surface area contributed by atoms with Gasteiger partial charge in [0.2, 0.25) is 0 Å². The van der Waals surface area contributed by atoms with Crippen molar-refractivity contribution in [3.8, 4) is 0 Å². The first kappa shape index (κ1) is 13.6. The second kappa shape index (κ2) is 6.37. The van der Waals surface area contributed by atoms with Crippen LogP contribution in [-0.2, 0) is 0 Å². The van der Waals surface area contributed by atoms with Crippen LogP contribution in [0.25, 0.3) is 0 Å². The zero-order chi connectivity index (χ0) is 14.5. The van der Waals surface area contributed by atoms with Gasteiger partial charge >= 0.3 is 0 Å². The quantitative estimate of drug-likeness (QED) is 0.728. The van der Waals surface area contributed by atoms with Crippen LogP contribution in [0, 0.1) is 0 Å². The van der Waals surface area contributed by atoms with E-state index in [4.69, 9.17) is 11.6 Å². The summed E-state index contributed by atoms with van der Waals surface area (Å²) in [5.74, 6) is 0. The fraction of sp³-hybridized carbons (Fsp3) is 0.0588. The predicted molar refractivity (Wildman–Crippen MR) is 85.4 cm³/mol. The van der Waals surface area contributed by atoms with E-state index in [1.54, 1.807) is 18.6 Å². The summed E-state index contributed by atoms with van der Waals surface area (Å²) in [6, 6.07) is 18.0. The van der Waals surface area contributed by atoms with Crippen molar-refractivity contribution in [1.29, 1.82) is 0 Å². The Balaban J connectivity index is 1.97. The number of rotatable bonds is 4. The van der Waals surface area contributed by atoms with Crippen LogP contribution >= 0.6 is 11.6 Å². The van der Waals surface area contributed by atoms with E-state index in [0.717, 1.165) is 11.3 Å². The molecule has 2 aromatic heterocycles. The van der Waals surface area contributed by atoms with Gasteiger partial charge < -0.3 is 5.32 Å². The van der Waals surface area contributed by atoms with Gasteiger partial charge in [-0.25, -0.2) is 4.98 Å². The first-order valence-electron chi connectivity index (χ1n) is 6.66. The third-order valence-corrected chi connectivity index (χ3v) is 3.42. The molecule has 0 aliphatic rings. The molecule has 1 N–H and O–H groups in total. The SMILES string of the molecule is Clc1cc(NC(c2ccccc2)c2ccncc2)ccn1. The largest absolute Gasteiger partial charge is 0.374 e. The minimum atomic E-state index is 0.0349. The van der Waals surface area contributed by atoms with Crippen molar-refractivity contribution in [2.24, 2.45) is 0 Å². The molecule has 0 aliphatic carbocycles. The number of benzene rings is 1. The number of aromatic nitrogens is 2. The molecule has 3 aromatic rings. The molecule has 3 nitrogen and oxygen atoms in total. The maximum atomic E-state index is 5.96. The zero-order valence-electron chi connectivity index (χ0n) is 11.3. The van der Waals surface area contributed by atoms with E-state index in [0.29, 0.717) is 5.15 Å². The summed E-state index contributed by atoms with van der Waals surface area (Å²) in [5, 5.41) is 3.97. The molecule has 1 unspecified atom stereocenters. The van der Waals surface area contributed by atoms with Crippen molar-refractivity contribution in [2.45, 2.75) is 6.04 Å². The van der Waals surface area contributed by atoms with Crippen LogP contribution < -0.4 is 5.32 Å². The van der Waals surface area contributed by atoms with Crippen molar-refractivity contribution in [2.75, 3.05) is 5.32 Å². The first-order valence-corrected chi connectivity index (χ1v) is 7.04. The van der Waals surface area contributed by atoms with E-state index >= 15 is 0 Å². The molecule has 3 rings (SSSR count). The van der Waals surface area contributed by atoms with Gasteiger partial charge in [0.05, 0.1) is 6.04 Å².